The van der Waals surface area contributed by atoms with Gasteiger partial charge in [-0.15, -0.1) is 6.58 Å². The number of fused-ring (bicyclic) bond motifs is 2. The lowest BCUT2D eigenvalue weighted by Crippen LogP contribution is -2.41. The molecule has 5 heteroatoms. The lowest BCUT2D eigenvalue weighted by molar-refractivity contribution is 1.04. The largest absolute Gasteiger partial charge is 0.388 e. The zero-order chi connectivity index (χ0) is 45.4. The summed E-state index contributed by atoms with van der Waals surface area (Å²) in [6.07, 6.45) is 9.41. The van der Waals surface area contributed by atoms with Crippen LogP contribution in [0.5, 0.6) is 0 Å². The van der Waals surface area contributed by atoms with Gasteiger partial charge in [0.2, 0.25) is 0 Å². The summed E-state index contributed by atoms with van der Waals surface area (Å²) < 4.78 is 0. The molecule has 9 aromatic carbocycles. The van der Waals surface area contributed by atoms with Crippen LogP contribution in [0.15, 0.2) is 243 Å². The number of rotatable bonds is 15. The van der Waals surface area contributed by atoms with Crippen LogP contribution in [-0.4, -0.2) is 14.3 Å². The van der Waals surface area contributed by atoms with Gasteiger partial charge in [-0.05, 0) is 143 Å². The molecule has 1 heterocycles. The van der Waals surface area contributed by atoms with E-state index in [0.29, 0.717) is 0 Å². The van der Waals surface area contributed by atoms with E-state index in [0.717, 1.165) is 83.2 Å². The molecule has 0 aromatic heterocycles. The van der Waals surface area contributed by atoms with Crippen LogP contribution in [0.4, 0.5) is 51.2 Å². The smallest absolute Gasteiger partial charge is 0.198 e. The molecular weight excluding hydrogens is 812 g/mol. The van der Waals surface area contributed by atoms with Crippen LogP contribution in [0.2, 0.25) is 0 Å². The van der Waals surface area contributed by atoms with Gasteiger partial charge in [0.15, 0.2) is 7.28 Å². The maximum atomic E-state index is 3.90. The number of unbranched alkanes of at least 4 members (excludes halogenated alkanes) is 1. The molecule has 0 fully saturated rings. The number of para-hydroxylation sites is 2. The predicted octanol–water partition coefficient (Wildman–Crippen LogP) is 15.2. The topological polar surface area (TPSA) is 30.5 Å². The molecule has 0 saturated carbocycles. The molecule has 0 atom stereocenters. The minimum absolute atomic E-state index is 0.755. The monoisotopic (exact) mass is 864 g/mol. The zero-order valence-electron chi connectivity index (χ0n) is 37.9. The second-order valence-corrected chi connectivity index (χ2v) is 17.0. The van der Waals surface area contributed by atoms with Gasteiger partial charge in [-0.3, -0.25) is 0 Å². The molecule has 0 bridgehead atoms. The van der Waals surface area contributed by atoms with Crippen LogP contribution in [0, 0.1) is 0 Å². The Morgan fingerprint density at radius 3 is 1.76 bits per heavy atom. The minimum atomic E-state index is 0.755. The first-order chi connectivity index (χ1) is 33.1. The molecule has 0 unspecified atom stereocenters. The number of anilines is 9. The van der Waals surface area contributed by atoms with E-state index in [2.05, 4.69) is 258 Å². The SMILES string of the molecule is C=CCC/C=C\Cc1ccc(N2c3ccc(-c4ccccc4)cc3Bc3c(-c4cc(N(c5ccccc5)c5ccccc5)ccc4Nc4ccc(-c5ccccc5)cc4)cc(NC)cc32)cc1. The van der Waals surface area contributed by atoms with Gasteiger partial charge in [-0.25, -0.2) is 0 Å². The fraction of sp³-hybridized carbons (Fsp3) is 0.0645. The molecule has 0 aliphatic carbocycles. The van der Waals surface area contributed by atoms with Crippen LogP contribution < -0.4 is 31.4 Å². The van der Waals surface area contributed by atoms with Gasteiger partial charge in [0, 0.05) is 63.8 Å². The Balaban J connectivity index is 1.15. The quantitative estimate of drug-likeness (QED) is 0.0611. The number of hydrogen-bond donors (Lipinski definition) is 2. The number of allylic oxidation sites excluding steroid dienone is 3. The first-order valence-corrected chi connectivity index (χ1v) is 23.3. The molecular formula is C62H53BN4. The highest BCUT2D eigenvalue weighted by molar-refractivity contribution is 6.73. The van der Waals surface area contributed by atoms with Crippen molar-refractivity contribution in [1.82, 2.24) is 0 Å². The van der Waals surface area contributed by atoms with Gasteiger partial charge < -0.3 is 20.4 Å². The van der Waals surface area contributed by atoms with Crippen molar-refractivity contribution in [3.05, 3.63) is 249 Å². The predicted molar refractivity (Wildman–Crippen MR) is 290 cm³/mol. The van der Waals surface area contributed by atoms with Crippen molar-refractivity contribution in [3.63, 3.8) is 0 Å². The molecule has 0 radical (unpaired) electrons. The summed E-state index contributed by atoms with van der Waals surface area (Å²) in [5.74, 6) is 0. The fourth-order valence-corrected chi connectivity index (χ4v) is 9.25. The molecule has 67 heavy (non-hydrogen) atoms. The molecule has 2 N–H and O–H groups in total. The van der Waals surface area contributed by atoms with Gasteiger partial charge in [-0.1, -0.05) is 157 Å². The first-order valence-electron chi connectivity index (χ1n) is 23.3. The molecule has 1 aliphatic heterocycles. The van der Waals surface area contributed by atoms with E-state index in [-0.39, 0.29) is 0 Å². The highest BCUT2D eigenvalue weighted by Crippen LogP contribution is 2.44. The number of benzene rings is 9. The van der Waals surface area contributed by atoms with E-state index in [9.17, 15) is 0 Å². The van der Waals surface area contributed by atoms with Crippen molar-refractivity contribution in [2.75, 3.05) is 27.5 Å². The molecule has 4 nitrogen and oxygen atoms in total. The van der Waals surface area contributed by atoms with Crippen LogP contribution in [0.25, 0.3) is 33.4 Å². The molecule has 10 rings (SSSR count). The molecule has 0 spiro atoms. The third-order valence-corrected chi connectivity index (χ3v) is 12.7. The molecule has 9 aromatic rings. The number of nitrogens with one attached hydrogen (secondary N) is 2. The van der Waals surface area contributed by atoms with Crippen molar-refractivity contribution >= 4 is 69.4 Å². The summed E-state index contributed by atoms with van der Waals surface area (Å²) in [5.41, 5.74) is 20.7. The average molecular weight is 865 g/mol. The number of nitrogens with zero attached hydrogens (tertiary/aromatic N) is 2. The Kier molecular flexibility index (Phi) is 12.6. The second kappa shape index (κ2) is 19.9. The summed E-state index contributed by atoms with van der Waals surface area (Å²) >= 11 is 0. The molecule has 1 aliphatic rings. The average Bonchev–Trinajstić information content (AvgIpc) is 3.39. The van der Waals surface area contributed by atoms with Crippen LogP contribution in [0.1, 0.15) is 18.4 Å². The van der Waals surface area contributed by atoms with Crippen LogP contribution in [-0.2, 0) is 6.42 Å². The van der Waals surface area contributed by atoms with Gasteiger partial charge in [0.05, 0.1) is 0 Å². The van der Waals surface area contributed by atoms with Crippen molar-refractivity contribution in [2.24, 2.45) is 0 Å². The summed E-state index contributed by atoms with van der Waals surface area (Å²) in [4.78, 5) is 4.82. The summed E-state index contributed by atoms with van der Waals surface area (Å²) in [5, 5.41) is 7.47. The Morgan fingerprint density at radius 1 is 0.507 bits per heavy atom. The Hall–Kier alpha value is -8.28. The van der Waals surface area contributed by atoms with E-state index >= 15 is 0 Å². The number of hydrogen-bond acceptors (Lipinski definition) is 4. The minimum Gasteiger partial charge on any atom is -0.388 e. The van der Waals surface area contributed by atoms with Gasteiger partial charge in [0.1, 0.15) is 0 Å². The van der Waals surface area contributed by atoms with Gasteiger partial charge in [-0.2, -0.15) is 0 Å². The normalized spacial score (nSPS) is 11.6. The maximum Gasteiger partial charge on any atom is 0.198 e. The third-order valence-electron chi connectivity index (χ3n) is 12.7. The Bertz CT molecular complexity index is 3090. The van der Waals surface area contributed by atoms with Crippen molar-refractivity contribution in [3.8, 4) is 33.4 Å². The fourth-order valence-electron chi connectivity index (χ4n) is 9.25. The second-order valence-electron chi connectivity index (χ2n) is 17.0. The van der Waals surface area contributed by atoms with Crippen LogP contribution >= 0.6 is 0 Å². The van der Waals surface area contributed by atoms with E-state index < -0.39 is 0 Å². The third kappa shape index (κ3) is 9.31. The molecule has 0 amide bonds. The lowest BCUT2D eigenvalue weighted by atomic mass is 9.57. The van der Waals surface area contributed by atoms with Crippen LogP contribution in [0.3, 0.4) is 0 Å². The van der Waals surface area contributed by atoms with Crippen molar-refractivity contribution < 1.29 is 0 Å². The first kappa shape index (κ1) is 42.7. The summed E-state index contributed by atoms with van der Waals surface area (Å²) in [6, 6.07) is 79.0. The van der Waals surface area contributed by atoms with E-state index in [4.69, 9.17) is 0 Å². The van der Waals surface area contributed by atoms with Gasteiger partial charge in [0.25, 0.3) is 0 Å². The van der Waals surface area contributed by atoms with Crippen molar-refractivity contribution in [2.45, 2.75) is 19.3 Å². The summed E-state index contributed by atoms with van der Waals surface area (Å²) in [6.45, 7) is 3.87. The van der Waals surface area contributed by atoms with Crippen molar-refractivity contribution in [1.29, 1.82) is 0 Å². The highest BCUT2D eigenvalue weighted by atomic mass is 15.2. The molecule has 0 saturated heterocycles. The van der Waals surface area contributed by atoms with E-state index in [1.165, 1.54) is 44.4 Å². The Morgan fingerprint density at radius 2 is 1.12 bits per heavy atom. The summed E-state index contributed by atoms with van der Waals surface area (Å²) in [7, 11) is 2.78. The van der Waals surface area contributed by atoms with Gasteiger partial charge >= 0.3 is 0 Å². The zero-order valence-corrected chi connectivity index (χ0v) is 37.9. The standard InChI is InChI=1S/C62H53BN4/c1-3-4-5-6-11-20-45-29-36-54(37-30-45)67-60-40-33-49(47-23-14-8-15-24-47)41-58(60)63-62-57(42-51(64-2)43-61(62)67)56-44-55(66(52-25-16-9-17-26-52)53-27-18-10-19-28-53)38-39-59(56)65-50-34-31-48(32-35-50)46-21-12-7-13-22-46/h3,6-19,21-44,63-65H,1,4-5,20H2,2H3/b11-6-. The Labute approximate surface area is 396 Å². The lowest BCUT2D eigenvalue weighted by Gasteiger charge is -2.36. The van der Waals surface area contributed by atoms with E-state index in [1.54, 1.807) is 0 Å². The molecule has 324 valence electrons. The highest BCUT2D eigenvalue weighted by Gasteiger charge is 2.30. The van der Waals surface area contributed by atoms with E-state index in [1.807, 2.05) is 13.1 Å². The maximum absolute atomic E-state index is 3.90.